The molecule has 2 aromatic rings. The summed E-state index contributed by atoms with van der Waals surface area (Å²) < 4.78 is 0. The number of amides is 1. The number of carbonyl (C=O) groups is 2. The third kappa shape index (κ3) is 2.71. The molecular weight excluding hydrogens is 262 g/mol. The fourth-order valence-corrected chi connectivity index (χ4v) is 1.81. The van der Waals surface area contributed by atoms with Crippen LogP contribution in [-0.2, 0) is 9.59 Å². The molecule has 2 unspecified atom stereocenters. The zero-order valence-electron chi connectivity index (χ0n) is 11.1. The van der Waals surface area contributed by atoms with Gasteiger partial charge in [0.05, 0.1) is 17.0 Å². The standard InChI is InChI=1S/C13H15N3O4/c1-6(7(2)12(18)19)11(17)14-8-3-4-9-10(5-8)16-13(20)15-9/h3-7H,1-2H3,(H,14,17)(H,18,19)(H2,15,16,20). The summed E-state index contributed by atoms with van der Waals surface area (Å²) in [7, 11) is 0. The first-order valence-corrected chi connectivity index (χ1v) is 6.14. The number of benzene rings is 1. The Hall–Kier alpha value is -2.57. The Morgan fingerprint density at radius 1 is 1.15 bits per heavy atom. The highest BCUT2D eigenvalue weighted by Crippen LogP contribution is 2.18. The molecule has 0 saturated heterocycles. The largest absolute Gasteiger partial charge is 0.481 e. The van der Waals surface area contributed by atoms with Gasteiger partial charge in [-0.05, 0) is 18.2 Å². The minimum atomic E-state index is -1.02. The topological polar surface area (TPSA) is 115 Å². The van der Waals surface area contributed by atoms with E-state index in [1.807, 2.05) is 0 Å². The van der Waals surface area contributed by atoms with Crippen LogP contribution in [0, 0.1) is 11.8 Å². The van der Waals surface area contributed by atoms with Crippen LogP contribution in [0.4, 0.5) is 5.69 Å². The molecule has 0 saturated carbocycles. The maximum absolute atomic E-state index is 11.9. The highest BCUT2D eigenvalue weighted by Gasteiger charge is 2.25. The molecule has 2 atom stereocenters. The average molecular weight is 277 g/mol. The molecule has 0 fully saturated rings. The summed E-state index contributed by atoms with van der Waals surface area (Å²) in [6.07, 6.45) is 0. The molecule has 1 aromatic heterocycles. The first kappa shape index (κ1) is 13.9. The van der Waals surface area contributed by atoms with E-state index in [0.29, 0.717) is 16.7 Å². The zero-order valence-corrected chi connectivity index (χ0v) is 11.1. The van der Waals surface area contributed by atoms with Gasteiger partial charge < -0.3 is 20.4 Å². The van der Waals surface area contributed by atoms with E-state index in [0.717, 1.165) is 0 Å². The number of aliphatic carboxylic acids is 1. The molecule has 7 heteroatoms. The average Bonchev–Trinajstić information content (AvgIpc) is 2.76. The predicted octanol–water partition coefficient (Wildman–Crippen LogP) is 1.15. The molecule has 0 bridgehead atoms. The molecule has 1 amide bonds. The lowest BCUT2D eigenvalue weighted by Crippen LogP contribution is -2.29. The van der Waals surface area contributed by atoms with Crippen molar-refractivity contribution in [3.63, 3.8) is 0 Å². The Kier molecular flexibility index (Phi) is 3.60. The zero-order chi connectivity index (χ0) is 14.9. The Morgan fingerprint density at radius 2 is 1.80 bits per heavy atom. The second-order valence-electron chi connectivity index (χ2n) is 4.74. The van der Waals surface area contributed by atoms with Crippen molar-refractivity contribution >= 4 is 28.6 Å². The van der Waals surface area contributed by atoms with Crippen molar-refractivity contribution in [2.24, 2.45) is 11.8 Å². The second kappa shape index (κ2) is 5.20. The van der Waals surface area contributed by atoms with Crippen molar-refractivity contribution in [1.29, 1.82) is 0 Å². The van der Waals surface area contributed by atoms with Crippen molar-refractivity contribution < 1.29 is 14.7 Å². The van der Waals surface area contributed by atoms with Gasteiger partial charge in [0.2, 0.25) is 5.91 Å². The van der Waals surface area contributed by atoms with Gasteiger partial charge in [-0.2, -0.15) is 0 Å². The van der Waals surface area contributed by atoms with E-state index in [4.69, 9.17) is 5.11 Å². The maximum atomic E-state index is 11.9. The van der Waals surface area contributed by atoms with E-state index in [1.165, 1.54) is 6.92 Å². The molecule has 0 aliphatic carbocycles. The van der Waals surface area contributed by atoms with E-state index in [9.17, 15) is 14.4 Å². The van der Waals surface area contributed by atoms with Gasteiger partial charge in [-0.15, -0.1) is 0 Å². The fourth-order valence-electron chi connectivity index (χ4n) is 1.81. The van der Waals surface area contributed by atoms with Gasteiger partial charge in [0.25, 0.3) is 0 Å². The quantitative estimate of drug-likeness (QED) is 0.671. The van der Waals surface area contributed by atoms with Gasteiger partial charge in [0.15, 0.2) is 0 Å². The number of carbonyl (C=O) groups excluding carboxylic acids is 1. The molecule has 1 aromatic carbocycles. The number of aromatic amines is 2. The predicted molar refractivity (Wildman–Crippen MR) is 73.5 cm³/mol. The second-order valence-corrected chi connectivity index (χ2v) is 4.74. The van der Waals surface area contributed by atoms with Crippen LogP contribution in [0.15, 0.2) is 23.0 Å². The molecular formula is C13H15N3O4. The number of hydrogen-bond donors (Lipinski definition) is 4. The van der Waals surface area contributed by atoms with Crippen molar-refractivity contribution in [3.05, 3.63) is 28.7 Å². The van der Waals surface area contributed by atoms with Crippen molar-refractivity contribution in [2.75, 3.05) is 5.32 Å². The van der Waals surface area contributed by atoms with Crippen molar-refractivity contribution in [2.45, 2.75) is 13.8 Å². The first-order valence-electron chi connectivity index (χ1n) is 6.14. The number of rotatable bonds is 4. The van der Waals surface area contributed by atoms with E-state index in [1.54, 1.807) is 25.1 Å². The first-order chi connectivity index (χ1) is 9.38. The molecule has 0 radical (unpaired) electrons. The molecule has 2 rings (SSSR count). The summed E-state index contributed by atoms with van der Waals surface area (Å²) in [5.74, 6) is -2.82. The van der Waals surface area contributed by atoms with Gasteiger partial charge >= 0.3 is 11.7 Å². The van der Waals surface area contributed by atoms with E-state index >= 15 is 0 Å². The molecule has 0 spiro atoms. The maximum Gasteiger partial charge on any atom is 0.323 e. The fraction of sp³-hybridized carbons (Fsp3) is 0.308. The van der Waals surface area contributed by atoms with Crippen molar-refractivity contribution in [3.8, 4) is 0 Å². The number of aromatic nitrogens is 2. The van der Waals surface area contributed by atoms with Crippen LogP contribution in [0.1, 0.15) is 13.8 Å². The minimum Gasteiger partial charge on any atom is -0.481 e. The van der Waals surface area contributed by atoms with E-state index < -0.39 is 17.8 Å². The Labute approximate surface area is 114 Å². The minimum absolute atomic E-state index is 0.323. The lowest BCUT2D eigenvalue weighted by Gasteiger charge is -2.15. The number of imidazole rings is 1. The van der Waals surface area contributed by atoms with Crippen LogP contribution in [0.3, 0.4) is 0 Å². The SMILES string of the molecule is CC(C(=O)O)C(C)C(=O)Nc1ccc2[nH]c(=O)[nH]c2c1. The number of fused-ring (bicyclic) bond motifs is 1. The smallest absolute Gasteiger partial charge is 0.323 e. The van der Waals surface area contributed by atoms with Crippen LogP contribution in [0.25, 0.3) is 11.0 Å². The van der Waals surface area contributed by atoms with E-state index in [2.05, 4.69) is 15.3 Å². The van der Waals surface area contributed by atoms with Crippen LogP contribution in [0.5, 0.6) is 0 Å². The van der Waals surface area contributed by atoms with Gasteiger partial charge in [-0.1, -0.05) is 13.8 Å². The van der Waals surface area contributed by atoms with Crippen LogP contribution in [0.2, 0.25) is 0 Å². The summed E-state index contributed by atoms with van der Waals surface area (Å²) in [4.78, 5) is 39.1. The summed E-state index contributed by atoms with van der Waals surface area (Å²) in [6, 6.07) is 4.92. The summed E-state index contributed by atoms with van der Waals surface area (Å²) in [5.41, 5.74) is 1.39. The third-order valence-corrected chi connectivity index (χ3v) is 3.34. The molecule has 0 aliphatic heterocycles. The highest BCUT2D eigenvalue weighted by atomic mass is 16.4. The van der Waals surface area contributed by atoms with Gasteiger partial charge in [-0.25, -0.2) is 4.79 Å². The number of H-pyrrole nitrogens is 2. The summed E-state index contributed by atoms with van der Waals surface area (Å²) in [5, 5.41) is 11.5. The molecule has 0 aliphatic rings. The van der Waals surface area contributed by atoms with E-state index in [-0.39, 0.29) is 11.6 Å². The number of hydrogen-bond acceptors (Lipinski definition) is 3. The Morgan fingerprint density at radius 3 is 2.45 bits per heavy atom. The number of anilines is 1. The van der Waals surface area contributed by atoms with Crippen LogP contribution in [-0.4, -0.2) is 27.0 Å². The van der Waals surface area contributed by atoms with Crippen LogP contribution < -0.4 is 11.0 Å². The monoisotopic (exact) mass is 277 g/mol. The Bertz CT molecular complexity index is 716. The normalized spacial score (nSPS) is 13.9. The number of carboxylic acid groups (broad SMARTS) is 1. The highest BCUT2D eigenvalue weighted by molar-refractivity contribution is 5.96. The summed E-state index contributed by atoms with van der Waals surface area (Å²) >= 11 is 0. The lowest BCUT2D eigenvalue weighted by atomic mass is 9.95. The summed E-state index contributed by atoms with van der Waals surface area (Å²) in [6.45, 7) is 3.05. The van der Waals surface area contributed by atoms with Gasteiger partial charge in [0.1, 0.15) is 0 Å². The van der Waals surface area contributed by atoms with Crippen LogP contribution >= 0.6 is 0 Å². The van der Waals surface area contributed by atoms with Gasteiger partial charge in [0, 0.05) is 11.6 Å². The van der Waals surface area contributed by atoms with Crippen molar-refractivity contribution in [1.82, 2.24) is 9.97 Å². The molecule has 4 N–H and O–H groups in total. The lowest BCUT2D eigenvalue weighted by molar-refractivity contribution is -0.145. The Balaban J connectivity index is 2.17. The number of nitrogens with one attached hydrogen (secondary N) is 3. The molecule has 7 nitrogen and oxygen atoms in total. The van der Waals surface area contributed by atoms with Gasteiger partial charge in [-0.3, -0.25) is 9.59 Å². The number of carboxylic acids is 1. The molecule has 106 valence electrons. The molecule has 1 heterocycles. The molecule has 20 heavy (non-hydrogen) atoms. The third-order valence-electron chi connectivity index (χ3n) is 3.34.